The molecular formula is C21H19N3. The van der Waals surface area contributed by atoms with Crippen LogP contribution in [0.5, 0.6) is 0 Å². The van der Waals surface area contributed by atoms with Crippen LogP contribution in [0.4, 0.5) is 0 Å². The summed E-state index contributed by atoms with van der Waals surface area (Å²) in [4.78, 5) is 4.16. The van der Waals surface area contributed by atoms with Crippen molar-refractivity contribution in [2.45, 2.75) is 19.5 Å². The Bertz CT molecular complexity index is 833. The highest BCUT2D eigenvalue weighted by molar-refractivity contribution is 5.70. The van der Waals surface area contributed by atoms with Crippen molar-refractivity contribution < 1.29 is 0 Å². The zero-order chi connectivity index (χ0) is 16.8. The number of hydrogen-bond acceptors (Lipinski definition) is 3. The molecule has 1 atom stereocenters. The minimum atomic E-state index is 0.248. The first-order chi connectivity index (χ1) is 11.8. The van der Waals surface area contributed by atoms with Crippen LogP contribution in [-0.4, -0.2) is 4.98 Å². The topological polar surface area (TPSA) is 48.7 Å². The Balaban J connectivity index is 1.68. The van der Waals surface area contributed by atoms with Crippen molar-refractivity contribution in [3.05, 3.63) is 89.7 Å². The van der Waals surface area contributed by atoms with Gasteiger partial charge in [0.2, 0.25) is 0 Å². The maximum Gasteiger partial charge on any atom is 0.0998 e. The van der Waals surface area contributed by atoms with Crippen LogP contribution < -0.4 is 5.32 Å². The fourth-order valence-corrected chi connectivity index (χ4v) is 2.66. The minimum absolute atomic E-state index is 0.248. The fraction of sp³-hybridized carbons (Fsp3) is 0.143. The van der Waals surface area contributed by atoms with Gasteiger partial charge in [0.1, 0.15) is 0 Å². The van der Waals surface area contributed by atoms with Gasteiger partial charge in [-0.2, -0.15) is 5.26 Å². The van der Waals surface area contributed by atoms with E-state index >= 15 is 0 Å². The van der Waals surface area contributed by atoms with Gasteiger partial charge >= 0.3 is 0 Å². The van der Waals surface area contributed by atoms with Crippen LogP contribution in [0.25, 0.3) is 11.1 Å². The average molecular weight is 313 g/mol. The summed E-state index contributed by atoms with van der Waals surface area (Å²) < 4.78 is 0. The summed E-state index contributed by atoms with van der Waals surface area (Å²) in [7, 11) is 0. The second kappa shape index (κ2) is 7.54. The van der Waals surface area contributed by atoms with Crippen LogP contribution in [0.3, 0.4) is 0 Å². The molecule has 0 aliphatic carbocycles. The number of nitrogens with one attached hydrogen (secondary N) is 1. The third-order valence-electron chi connectivity index (χ3n) is 4.11. The SMILES string of the molecule is C[C@H](NCc1ccc(-c2ccccc2C#N)cc1)c1cccnc1. The molecule has 1 heterocycles. The molecule has 24 heavy (non-hydrogen) atoms. The first kappa shape index (κ1) is 15.9. The smallest absolute Gasteiger partial charge is 0.0998 e. The number of nitrogens with zero attached hydrogens (tertiary/aromatic N) is 2. The van der Waals surface area contributed by atoms with Gasteiger partial charge in [0.15, 0.2) is 0 Å². The van der Waals surface area contributed by atoms with E-state index in [-0.39, 0.29) is 6.04 Å². The second-order valence-corrected chi connectivity index (χ2v) is 5.74. The Kier molecular flexibility index (Phi) is 5.00. The van der Waals surface area contributed by atoms with Crippen LogP contribution in [0.1, 0.15) is 29.7 Å². The highest BCUT2D eigenvalue weighted by Crippen LogP contribution is 2.23. The van der Waals surface area contributed by atoms with Gasteiger partial charge in [0.25, 0.3) is 0 Å². The van der Waals surface area contributed by atoms with Crippen molar-refractivity contribution in [2.75, 3.05) is 0 Å². The Labute approximate surface area is 142 Å². The van der Waals surface area contributed by atoms with Crippen molar-refractivity contribution >= 4 is 0 Å². The van der Waals surface area contributed by atoms with Crippen molar-refractivity contribution in [3.8, 4) is 17.2 Å². The molecule has 118 valence electrons. The quantitative estimate of drug-likeness (QED) is 0.756. The molecule has 0 spiro atoms. The zero-order valence-corrected chi connectivity index (χ0v) is 13.6. The molecule has 3 heteroatoms. The molecule has 0 unspecified atom stereocenters. The average Bonchev–Trinajstić information content (AvgIpc) is 2.67. The third-order valence-corrected chi connectivity index (χ3v) is 4.11. The number of nitriles is 1. The summed E-state index contributed by atoms with van der Waals surface area (Å²) in [6, 6.07) is 22.6. The van der Waals surface area contributed by atoms with Crippen LogP contribution >= 0.6 is 0 Å². The summed E-state index contributed by atoms with van der Waals surface area (Å²) >= 11 is 0. The normalized spacial score (nSPS) is 11.7. The lowest BCUT2D eigenvalue weighted by Gasteiger charge is -2.14. The van der Waals surface area contributed by atoms with E-state index in [9.17, 15) is 5.26 Å². The Hall–Kier alpha value is -2.96. The van der Waals surface area contributed by atoms with E-state index in [4.69, 9.17) is 0 Å². The van der Waals surface area contributed by atoms with Gasteiger partial charge < -0.3 is 5.32 Å². The van der Waals surface area contributed by atoms with Gasteiger partial charge in [-0.15, -0.1) is 0 Å². The number of benzene rings is 2. The number of hydrogen-bond donors (Lipinski definition) is 1. The van der Waals surface area contributed by atoms with Crippen LogP contribution in [0.2, 0.25) is 0 Å². The van der Waals surface area contributed by atoms with Crippen molar-refractivity contribution in [2.24, 2.45) is 0 Å². The molecule has 1 N–H and O–H groups in total. The highest BCUT2D eigenvalue weighted by Gasteiger charge is 2.06. The first-order valence-electron chi connectivity index (χ1n) is 7.99. The van der Waals surface area contributed by atoms with E-state index in [1.807, 2.05) is 36.5 Å². The van der Waals surface area contributed by atoms with Gasteiger partial charge in [0, 0.05) is 25.0 Å². The molecule has 0 saturated carbocycles. The zero-order valence-electron chi connectivity index (χ0n) is 13.6. The van der Waals surface area contributed by atoms with E-state index in [0.29, 0.717) is 5.56 Å². The molecule has 0 bridgehead atoms. The van der Waals surface area contributed by atoms with E-state index in [2.05, 4.69) is 53.6 Å². The molecule has 0 saturated heterocycles. The van der Waals surface area contributed by atoms with Crippen LogP contribution in [-0.2, 0) is 6.54 Å². The van der Waals surface area contributed by atoms with Crippen molar-refractivity contribution in [3.63, 3.8) is 0 Å². The molecule has 3 rings (SSSR count). The van der Waals surface area contributed by atoms with Crippen molar-refractivity contribution in [1.82, 2.24) is 10.3 Å². The fourth-order valence-electron chi connectivity index (χ4n) is 2.66. The molecule has 0 amide bonds. The van der Waals surface area contributed by atoms with Gasteiger partial charge in [-0.25, -0.2) is 0 Å². The number of aromatic nitrogens is 1. The summed E-state index contributed by atoms with van der Waals surface area (Å²) in [6.07, 6.45) is 3.67. The van der Waals surface area contributed by atoms with Gasteiger partial charge in [-0.1, -0.05) is 48.5 Å². The van der Waals surface area contributed by atoms with Crippen LogP contribution in [0, 0.1) is 11.3 Å². The molecule has 0 aliphatic rings. The maximum absolute atomic E-state index is 9.22. The molecule has 0 aliphatic heterocycles. The predicted molar refractivity (Wildman–Crippen MR) is 96.1 cm³/mol. The molecular weight excluding hydrogens is 294 g/mol. The van der Waals surface area contributed by atoms with Gasteiger partial charge in [0.05, 0.1) is 11.6 Å². The predicted octanol–water partition coefficient (Wildman–Crippen LogP) is 4.47. The molecule has 0 radical (unpaired) electrons. The van der Waals surface area contributed by atoms with E-state index < -0.39 is 0 Å². The summed E-state index contributed by atoms with van der Waals surface area (Å²) in [5, 5.41) is 12.7. The molecule has 3 nitrogen and oxygen atoms in total. The largest absolute Gasteiger partial charge is 0.306 e. The summed E-state index contributed by atoms with van der Waals surface area (Å²) in [5.41, 5.74) is 5.13. The lowest BCUT2D eigenvalue weighted by molar-refractivity contribution is 0.573. The Morgan fingerprint density at radius 3 is 2.54 bits per heavy atom. The summed E-state index contributed by atoms with van der Waals surface area (Å²) in [6.45, 7) is 2.92. The molecule has 2 aromatic carbocycles. The molecule has 3 aromatic rings. The number of rotatable bonds is 5. The van der Waals surface area contributed by atoms with E-state index in [1.165, 1.54) is 11.1 Å². The third kappa shape index (κ3) is 3.68. The van der Waals surface area contributed by atoms with E-state index in [1.54, 1.807) is 6.20 Å². The van der Waals surface area contributed by atoms with Crippen molar-refractivity contribution in [1.29, 1.82) is 5.26 Å². The Morgan fingerprint density at radius 1 is 1.04 bits per heavy atom. The van der Waals surface area contributed by atoms with Gasteiger partial charge in [-0.05, 0) is 41.3 Å². The monoisotopic (exact) mass is 313 g/mol. The standard InChI is InChI=1S/C21H19N3/c1-16(20-6-4-12-23-15-20)24-14-17-8-10-18(11-9-17)21-7-3-2-5-19(21)13-22/h2-12,15-16,24H,14H2,1H3/t16-/m0/s1. The molecule has 1 aromatic heterocycles. The Morgan fingerprint density at radius 2 is 1.83 bits per heavy atom. The lowest BCUT2D eigenvalue weighted by Crippen LogP contribution is -2.18. The van der Waals surface area contributed by atoms with E-state index in [0.717, 1.165) is 17.7 Å². The first-order valence-corrected chi connectivity index (χ1v) is 7.99. The highest BCUT2D eigenvalue weighted by atomic mass is 14.9. The maximum atomic E-state index is 9.22. The lowest BCUT2D eigenvalue weighted by atomic mass is 9.99. The second-order valence-electron chi connectivity index (χ2n) is 5.74. The number of pyridine rings is 1. The van der Waals surface area contributed by atoms with Crippen LogP contribution in [0.15, 0.2) is 73.1 Å². The summed E-state index contributed by atoms with van der Waals surface area (Å²) in [5.74, 6) is 0. The minimum Gasteiger partial charge on any atom is -0.306 e. The molecule has 0 fully saturated rings. The van der Waals surface area contributed by atoms with Gasteiger partial charge in [-0.3, -0.25) is 4.98 Å².